The molecular formula is C14H19BrN2O4. The van der Waals surface area contributed by atoms with Crippen LogP contribution in [0.15, 0.2) is 18.2 Å². The van der Waals surface area contributed by atoms with Crippen molar-refractivity contribution in [1.82, 2.24) is 5.32 Å². The van der Waals surface area contributed by atoms with Crippen molar-refractivity contribution in [2.24, 2.45) is 5.92 Å². The van der Waals surface area contributed by atoms with Crippen LogP contribution in [0.2, 0.25) is 0 Å². The Labute approximate surface area is 132 Å². The summed E-state index contributed by atoms with van der Waals surface area (Å²) in [4.78, 5) is 22.5. The highest BCUT2D eigenvalue weighted by Crippen LogP contribution is 2.27. The van der Waals surface area contributed by atoms with Gasteiger partial charge in [-0.1, -0.05) is 29.8 Å². The maximum absolute atomic E-state index is 12.2. The number of halogens is 1. The fourth-order valence-corrected chi connectivity index (χ4v) is 2.40. The fraction of sp³-hybridized carbons (Fsp3) is 0.500. The second kappa shape index (κ2) is 7.97. The lowest BCUT2D eigenvalue weighted by Gasteiger charge is -2.21. The molecule has 0 radical (unpaired) electrons. The van der Waals surface area contributed by atoms with E-state index in [1.807, 2.05) is 13.8 Å². The van der Waals surface area contributed by atoms with Crippen molar-refractivity contribution in [3.8, 4) is 5.75 Å². The average Bonchev–Trinajstić information content (AvgIpc) is 2.45. The Bertz CT molecular complexity index is 520. The van der Waals surface area contributed by atoms with E-state index >= 15 is 0 Å². The van der Waals surface area contributed by atoms with Crippen molar-refractivity contribution in [1.29, 1.82) is 0 Å². The molecule has 6 nitrogen and oxygen atoms in total. The second-order valence-electron chi connectivity index (χ2n) is 4.95. The van der Waals surface area contributed by atoms with E-state index in [0.29, 0.717) is 11.5 Å². The van der Waals surface area contributed by atoms with Crippen LogP contribution in [0.3, 0.4) is 0 Å². The number of nitrogens with zero attached hydrogens (tertiary/aromatic N) is 1. The minimum atomic E-state index is -0.539. The van der Waals surface area contributed by atoms with Gasteiger partial charge in [-0.25, -0.2) is 0 Å². The maximum Gasteiger partial charge on any atom is 0.310 e. The Hall–Kier alpha value is -1.63. The lowest BCUT2D eigenvalue weighted by molar-refractivity contribution is -0.385. The number of methoxy groups -OCH3 is 1. The number of ether oxygens (including phenoxy) is 1. The van der Waals surface area contributed by atoms with Gasteiger partial charge in [-0.3, -0.25) is 14.9 Å². The van der Waals surface area contributed by atoms with Crippen LogP contribution >= 0.6 is 15.9 Å². The number of carbonyl (C=O) groups excluding carboxylic acids is 1. The number of rotatable bonds is 7. The van der Waals surface area contributed by atoms with Crippen molar-refractivity contribution < 1.29 is 14.5 Å². The first-order valence-electron chi connectivity index (χ1n) is 6.60. The Morgan fingerprint density at radius 1 is 1.48 bits per heavy atom. The monoisotopic (exact) mass is 358 g/mol. The first kappa shape index (κ1) is 17.4. The maximum atomic E-state index is 12.2. The van der Waals surface area contributed by atoms with E-state index in [4.69, 9.17) is 4.74 Å². The molecule has 0 saturated heterocycles. The van der Waals surface area contributed by atoms with Crippen molar-refractivity contribution in [3.63, 3.8) is 0 Å². The quantitative estimate of drug-likeness (QED) is 0.461. The molecule has 21 heavy (non-hydrogen) atoms. The third-order valence-corrected chi connectivity index (χ3v) is 3.64. The first-order chi connectivity index (χ1) is 9.90. The van der Waals surface area contributed by atoms with E-state index in [1.54, 1.807) is 0 Å². The lowest BCUT2D eigenvalue weighted by atomic mass is 10.0. The summed E-state index contributed by atoms with van der Waals surface area (Å²) in [5.41, 5.74) is 0.188. The summed E-state index contributed by atoms with van der Waals surface area (Å²) in [7, 11) is 1.34. The number of carbonyl (C=O) groups is 1. The third kappa shape index (κ3) is 4.70. The second-order valence-corrected chi connectivity index (χ2v) is 5.74. The summed E-state index contributed by atoms with van der Waals surface area (Å²) < 4.78 is 4.97. The largest absolute Gasteiger partial charge is 0.490 e. The summed E-state index contributed by atoms with van der Waals surface area (Å²) >= 11 is 3.37. The highest BCUT2D eigenvalue weighted by Gasteiger charge is 2.20. The zero-order chi connectivity index (χ0) is 16.0. The smallest absolute Gasteiger partial charge is 0.310 e. The predicted molar refractivity (Wildman–Crippen MR) is 84.2 cm³/mol. The lowest BCUT2D eigenvalue weighted by Crippen LogP contribution is -2.38. The normalized spacial score (nSPS) is 12.0. The van der Waals surface area contributed by atoms with Crippen LogP contribution in [-0.2, 0) is 0 Å². The summed E-state index contributed by atoms with van der Waals surface area (Å²) in [5, 5.41) is 14.6. The van der Waals surface area contributed by atoms with Crippen LogP contribution < -0.4 is 10.1 Å². The summed E-state index contributed by atoms with van der Waals surface area (Å²) in [6.45, 7) is 4.06. The van der Waals surface area contributed by atoms with Gasteiger partial charge < -0.3 is 10.1 Å². The minimum Gasteiger partial charge on any atom is -0.490 e. The predicted octanol–water partition coefficient (Wildman–Crippen LogP) is 3.14. The average molecular weight is 359 g/mol. The zero-order valence-electron chi connectivity index (χ0n) is 12.3. The number of nitro groups is 1. The molecule has 0 heterocycles. The Balaban J connectivity index is 2.94. The van der Waals surface area contributed by atoms with Gasteiger partial charge in [0.1, 0.15) is 0 Å². The highest BCUT2D eigenvalue weighted by atomic mass is 79.9. The number of hydrogen-bond donors (Lipinski definition) is 1. The molecule has 0 bridgehead atoms. The van der Waals surface area contributed by atoms with Crippen molar-refractivity contribution in [2.45, 2.75) is 26.3 Å². The Kier molecular flexibility index (Phi) is 6.61. The van der Waals surface area contributed by atoms with Gasteiger partial charge in [-0.05, 0) is 18.4 Å². The minimum absolute atomic E-state index is 0.0399. The number of amides is 1. The Morgan fingerprint density at radius 2 is 2.14 bits per heavy atom. The van der Waals surface area contributed by atoms with Gasteiger partial charge >= 0.3 is 5.69 Å². The Morgan fingerprint density at radius 3 is 2.62 bits per heavy atom. The molecule has 1 aromatic rings. The molecule has 116 valence electrons. The number of alkyl halides is 1. The van der Waals surface area contributed by atoms with Gasteiger partial charge in [0.05, 0.1) is 12.0 Å². The van der Waals surface area contributed by atoms with E-state index in [2.05, 4.69) is 21.2 Å². The number of benzene rings is 1. The van der Waals surface area contributed by atoms with Crippen LogP contribution in [0, 0.1) is 16.0 Å². The summed E-state index contributed by atoms with van der Waals surface area (Å²) in [6.07, 6.45) is 0.813. The summed E-state index contributed by atoms with van der Waals surface area (Å²) in [5.74, 6) is 0.114. The molecule has 1 aromatic carbocycles. The molecule has 1 amide bonds. The van der Waals surface area contributed by atoms with E-state index in [9.17, 15) is 14.9 Å². The van der Waals surface area contributed by atoms with Crippen LogP contribution in [0.5, 0.6) is 5.75 Å². The summed E-state index contributed by atoms with van der Waals surface area (Å²) in [6, 6.07) is 4.14. The molecule has 0 fully saturated rings. The fourth-order valence-electron chi connectivity index (χ4n) is 1.91. The molecule has 0 aromatic heterocycles. The molecule has 7 heteroatoms. The topological polar surface area (TPSA) is 81.5 Å². The number of nitrogens with one attached hydrogen (secondary N) is 1. The van der Waals surface area contributed by atoms with Crippen LogP contribution in [0.25, 0.3) is 0 Å². The van der Waals surface area contributed by atoms with Gasteiger partial charge in [0.25, 0.3) is 5.91 Å². The zero-order valence-corrected chi connectivity index (χ0v) is 13.8. The van der Waals surface area contributed by atoms with Gasteiger partial charge in [0, 0.05) is 29.1 Å². The van der Waals surface area contributed by atoms with Gasteiger partial charge in [-0.2, -0.15) is 0 Å². The van der Waals surface area contributed by atoms with E-state index in [1.165, 1.54) is 25.3 Å². The SMILES string of the molecule is COc1cc(C(=O)NC(CCBr)C(C)C)ccc1[N+](=O)[O-]. The number of nitro benzene ring substituents is 1. The molecule has 1 N–H and O–H groups in total. The molecule has 0 aliphatic heterocycles. The van der Waals surface area contributed by atoms with Crippen LogP contribution in [-0.4, -0.2) is 29.3 Å². The van der Waals surface area contributed by atoms with Crippen molar-refractivity contribution in [3.05, 3.63) is 33.9 Å². The third-order valence-electron chi connectivity index (χ3n) is 3.18. The standard InChI is InChI=1S/C14H19BrN2O4/c1-9(2)11(6-7-15)16-14(18)10-4-5-12(17(19)20)13(8-10)21-3/h4-5,8-9,11H,6-7H2,1-3H3,(H,16,18). The van der Waals surface area contributed by atoms with E-state index in [-0.39, 0.29) is 23.4 Å². The van der Waals surface area contributed by atoms with Crippen LogP contribution in [0.1, 0.15) is 30.6 Å². The molecule has 0 aliphatic carbocycles. The van der Waals surface area contributed by atoms with E-state index < -0.39 is 4.92 Å². The van der Waals surface area contributed by atoms with Gasteiger partial charge in [-0.15, -0.1) is 0 Å². The molecule has 1 atom stereocenters. The molecule has 1 unspecified atom stereocenters. The first-order valence-corrected chi connectivity index (χ1v) is 7.72. The van der Waals surface area contributed by atoms with Gasteiger partial charge in [0.15, 0.2) is 5.75 Å². The van der Waals surface area contributed by atoms with Crippen molar-refractivity contribution in [2.75, 3.05) is 12.4 Å². The van der Waals surface area contributed by atoms with Gasteiger partial charge in [0.2, 0.25) is 0 Å². The molecule has 1 rings (SSSR count). The molecular weight excluding hydrogens is 340 g/mol. The van der Waals surface area contributed by atoms with Crippen LogP contribution in [0.4, 0.5) is 5.69 Å². The highest BCUT2D eigenvalue weighted by molar-refractivity contribution is 9.09. The number of hydrogen-bond acceptors (Lipinski definition) is 4. The molecule has 0 spiro atoms. The molecule has 0 saturated carbocycles. The molecule has 0 aliphatic rings. The van der Waals surface area contributed by atoms with E-state index in [0.717, 1.165) is 11.8 Å². The van der Waals surface area contributed by atoms with Crippen molar-refractivity contribution >= 4 is 27.5 Å².